The van der Waals surface area contributed by atoms with Crippen LogP contribution >= 0.6 is 0 Å². The molecule has 2 aromatic rings. The van der Waals surface area contributed by atoms with Crippen LogP contribution in [0.2, 0.25) is 0 Å². The first-order valence-electron chi connectivity index (χ1n) is 8.61. The fraction of sp³-hybridized carbons (Fsp3) is 0.0870. The minimum Gasteiger partial charge on any atom is -0.426 e. The molecule has 0 N–H and O–H groups in total. The van der Waals surface area contributed by atoms with Crippen LogP contribution in [-0.2, 0) is 9.53 Å². The van der Waals surface area contributed by atoms with Gasteiger partial charge in [-0.2, -0.15) is 0 Å². The standard InChI is InChI=1S/C23H19NO2/c25-22-18-23(17-21(26-22)20-9-5-2-6-10-20)12-15-24(16-13-23)14-11-19-7-3-1-4-8-19/h1-17H,18H2. The highest BCUT2D eigenvalue weighted by Crippen LogP contribution is 2.39. The quantitative estimate of drug-likeness (QED) is 0.738. The molecule has 1 spiro atoms. The van der Waals surface area contributed by atoms with Gasteiger partial charge in [0.05, 0.1) is 6.42 Å². The molecule has 26 heavy (non-hydrogen) atoms. The van der Waals surface area contributed by atoms with Crippen LogP contribution in [0.5, 0.6) is 0 Å². The molecule has 0 amide bonds. The van der Waals surface area contributed by atoms with E-state index in [1.165, 1.54) is 0 Å². The Kier molecular flexibility index (Phi) is 4.28. The Hall–Kier alpha value is -3.33. The Morgan fingerprint density at radius 1 is 0.923 bits per heavy atom. The Balaban J connectivity index is 1.55. The Morgan fingerprint density at radius 3 is 2.27 bits per heavy atom. The molecule has 2 aliphatic heterocycles. The van der Waals surface area contributed by atoms with E-state index in [4.69, 9.17) is 4.74 Å². The molecule has 0 radical (unpaired) electrons. The molecule has 2 aromatic carbocycles. The van der Waals surface area contributed by atoms with E-state index in [2.05, 4.69) is 12.1 Å². The average molecular weight is 341 g/mol. The number of ether oxygens (including phenoxy) is 1. The van der Waals surface area contributed by atoms with Gasteiger partial charge in [0, 0.05) is 29.6 Å². The fourth-order valence-corrected chi connectivity index (χ4v) is 3.08. The number of cyclic esters (lactones) is 1. The van der Waals surface area contributed by atoms with Gasteiger partial charge in [0.25, 0.3) is 0 Å². The van der Waals surface area contributed by atoms with E-state index >= 15 is 0 Å². The van der Waals surface area contributed by atoms with Gasteiger partial charge in [0.2, 0.25) is 0 Å². The predicted molar refractivity (Wildman–Crippen MR) is 103 cm³/mol. The highest BCUT2D eigenvalue weighted by atomic mass is 16.5. The zero-order valence-electron chi connectivity index (χ0n) is 14.3. The fourth-order valence-electron chi connectivity index (χ4n) is 3.08. The van der Waals surface area contributed by atoms with Crippen LogP contribution in [-0.4, -0.2) is 10.9 Å². The number of rotatable bonds is 3. The van der Waals surface area contributed by atoms with Crippen molar-refractivity contribution >= 4 is 17.8 Å². The minimum atomic E-state index is -0.433. The molecule has 2 heterocycles. The zero-order valence-corrected chi connectivity index (χ0v) is 14.3. The van der Waals surface area contributed by atoms with Crippen molar-refractivity contribution in [3.05, 3.63) is 109 Å². The summed E-state index contributed by atoms with van der Waals surface area (Å²) in [5.41, 5.74) is 1.62. The second kappa shape index (κ2) is 6.89. The molecule has 0 bridgehead atoms. The molecule has 0 saturated carbocycles. The van der Waals surface area contributed by atoms with Gasteiger partial charge in [0.15, 0.2) is 0 Å². The number of nitrogens with zero attached hydrogens (tertiary/aromatic N) is 1. The van der Waals surface area contributed by atoms with Crippen LogP contribution in [0, 0.1) is 5.41 Å². The van der Waals surface area contributed by atoms with E-state index in [1.807, 2.05) is 96.3 Å². The molecule has 0 fully saturated rings. The van der Waals surface area contributed by atoms with Gasteiger partial charge in [-0.15, -0.1) is 0 Å². The maximum absolute atomic E-state index is 12.2. The topological polar surface area (TPSA) is 29.5 Å². The number of hydrogen-bond acceptors (Lipinski definition) is 3. The summed E-state index contributed by atoms with van der Waals surface area (Å²) in [6.07, 6.45) is 14.4. The summed E-state index contributed by atoms with van der Waals surface area (Å²) in [5, 5.41) is 0. The first-order chi connectivity index (χ1) is 12.7. The van der Waals surface area contributed by atoms with Crippen molar-refractivity contribution < 1.29 is 9.53 Å². The van der Waals surface area contributed by atoms with E-state index in [9.17, 15) is 4.79 Å². The van der Waals surface area contributed by atoms with Crippen LogP contribution in [0.4, 0.5) is 0 Å². The summed E-state index contributed by atoms with van der Waals surface area (Å²) >= 11 is 0. The maximum Gasteiger partial charge on any atom is 0.312 e. The van der Waals surface area contributed by atoms with Gasteiger partial charge in [-0.25, -0.2) is 0 Å². The van der Waals surface area contributed by atoms with Crippen LogP contribution < -0.4 is 0 Å². The van der Waals surface area contributed by atoms with Crippen molar-refractivity contribution in [1.29, 1.82) is 0 Å². The molecule has 3 nitrogen and oxygen atoms in total. The van der Waals surface area contributed by atoms with Gasteiger partial charge in [-0.3, -0.25) is 4.79 Å². The number of hydrogen-bond donors (Lipinski definition) is 0. The number of allylic oxidation sites excluding steroid dienone is 3. The van der Waals surface area contributed by atoms with Gasteiger partial charge < -0.3 is 9.64 Å². The number of carbonyl (C=O) groups is 1. The molecule has 0 atom stereocenters. The van der Waals surface area contributed by atoms with Crippen molar-refractivity contribution in [3.63, 3.8) is 0 Å². The van der Waals surface area contributed by atoms with E-state index < -0.39 is 5.41 Å². The summed E-state index contributed by atoms with van der Waals surface area (Å²) in [4.78, 5) is 14.1. The molecule has 0 aliphatic carbocycles. The van der Waals surface area contributed by atoms with E-state index in [0.717, 1.165) is 11.1 Å². The van der Waals surface area contributed by atoms with Crippen LogP contribution in [0.25, 0.3) is 11.8 Å². The Bertz CT molecular complexity index is 894. The summed E-state index contributed by atoms with van der Waals surface area (Å²) in [5.74, 6) is 0.401. The number of benzene rings is 2. The van der Waals surface area contributed by atoms with Gasteiger partial charge in [0.1, 0.15) is 5.76 Å². The van der Waals surface area contributed by atoms with Gasteiger partial charge in [-0.1, -0.05) is 72.8 Å². The molecule has 0 saturated heterocycles. The van der Waals surface area contributed by atoms with Crippen molar-refractivity contribution in [2.24, 2.45) is 5.41 Å². The molecule has 2 aliphatic rings. The first kappa shape index (κ1) is 16.2. The lowest BCUT2D eigenvalue weighted by molar-refractivity contribution is -0.138. The van der Waals surface area contributed by atoms with E-state index in [0.29, 0.717) is 12.2 Å². The van der Waals surface area contributed by atoms with Crippen LogP contribution in [0.3, 0.4) is 0 Å². The summed E-state index contributed by atoms with van der Waals surface area (Å²) in [7, 11) is 0. The molecular formula is C23H19NO2. The normalized spacial score (nSPS) is 18.2. The predicted octanol–water partition coefficient (Wildman–Crippen LogP) is 4.97. The second-order valence-electron chi connectivity index (χ2n) is 6.44. The molecule has 0 aromatic heterocycles. The lowest BCUT2D eigenvalue weighted by atomic mass is 9.80. The van der Waals surface area contributed by atoms with E-state index in [-0.39, 0.29) is 5.97 Å². The smallest absolute Gasteiger partial charge is 0.312 e. The van der Waals surface area contributed by atoms with Crippen molar-refractivity contribution in [2.45, 2.75) is 6.42 Å². The van der Waals surface area contributed by atoms with Gasteiger partial charge in [-0.05, 0) is 17.7 Å². The Labute approximate surface area is 153 Å². The maximum atomic E-state index is 12.2. The second-order valence-corrected chi connectivity index (χ2v) is 6.44. The molecule has 128 valence electrons. The SMILES string of the molecule is O=C1CC2(C=CN(C=Cc3ccccc3)C=C2)C=C(c2ccccc2)O1. The third kappa shape index (κ3) is 3.52. The highest BCUT2D eigenvalue weighted by Gasteiger charge is 2.34. The largest absolute Gasteiger partial charge is 0.426 e. The zero-order chi connectivity index (χ0) is 17.8. The van der Waals surface area contributed by atoms with Crippen LogP contribution in [0.1, 0.15) is 17.5 Å². The van der Waals surface area contributed by atoms with E-state index in [1.54, 1.807) is 0 Å². The monoisotopic (exact) mass is 341 g/mol. The molecule has 3 heteroatoms. The van der Waals surface area contributed by atoms with Crippen molar-refractivity contribution in [3.8, 4) is 0 Å². The third-order valence-electron chi connectivity index (χ3n) is 4.49. The third-order valence-corrected chi connectivity index (χ3v) is 4.49. The van der Waals surface area contributed by atoms with Crippen LogP contribution in [0.15, 0.2) is 97.5 Å². The minimum absolute atomic E-state index is 0.214. The Morgan fingerprint density at radius 2 is 1.58 bits per heavy atom. The summed E-state index contributed by atoms with van der Waals surface area (Å²) < 4.78 is 5.46. The number of esters is 1. The lowest BCUT2D eigenvalue weighted by Gasteiger charge is -2.32. The van der Waals surface area contributed by atoms with Crippen molar-refractivity contribution in [1.82, 2.24) is 4.90 Å². The molecular weight excluding hydrogens is 322 g/mol. The average Bonchev–Trinajstić information content (AvgIpc) is 2.69. The summed E-state index contributed by atoms with van der Waals surface area (Å²) in [6.45, 7) is 0. The summed E-state index contributed by atoms with van der Waals surface area (Å²) in [6, 6.07) is 19.9. The first-order valence-corrected chi connectivity index (χ1v) is 8.61. The number of carbonyl (C=O) groups excluding carboxylic acids is 1. The van der Waals surface area contributed by atoms with Gasteiger partial charge >= 0.3 is 5.97 Å². The van der Waals surface area contributed by atoms with Crippen molar-refractivity contribution in [2.75, 3.05) is 0 Å². The molecule has 4 rings (SSSR count). The molecule has 0 unspecified atom stereocenters. The lowest BCUT2D eigenvalue weighted by Crippen LogP contribution is -2.27. The highest BCUT2D eigenvalue weighted by molar-refractivity contribution is 5.83.